The molecule has 0 fully saturated rings. The van der Waals surface area contributed by atoms with Gasteiger partial charge in [0.05, 0.1) is 0 Å². The van der Waals surface area contributed by atoms with E-state index in [1.54, 1.807) is 0 Å². The van der Waals surface area contributed by atoms with Gasteiger partial charge in [-0.25, -0.2) is 8.78 Å². The van der Waals surface area contributed by atoms with Crippen molar-refractivity contribution in [3.05, 3.63) is 76.9 Å². The molecule has 4 N–H and O–H groups in total. The molecule has 0 spiro atoms. The number of carbonyl (C=O) groups is 1. The molecule has 0 bridgehead atoms. The van der Waals surface area contributed by atoms with Gasteiger partial charge in [0, 0.05) is 56.9 Å². The van der Waals surface area contributed by atoms with E-state index in [9.17, 15) is 13.6 Å². The molecule has 0 aliphatic carbocycles. The molecule has 0 unspecified atom stereocenters. The van der Waals surface area contributed by atoms with E-state index in [-0.39, 0.29) is 12.3 Å². The summed E-state index contributed by atoms with van der Waals surface area (Å²) in [5.41, 5.74) is 12.1. The Morgan fingerprint density at radius 3 is 2.46 bits per heavy atom. The zero-order valence-electron chi connectivity index (χ0n) is 21.0. The normalized spacial score (nSPS) is 14.7. The van der Waals surface area contributed by atoms with Crippen LogP contribution < -0.4 is 21.3 Å². The minimum Gasteiger partial charge on any atom is -0.367 e. The lowest BCUT2D eigenvalue weighted by Gasteiger charge is -2.26. The van der Waals surface area contributed by atoms with Crippen LogP contribution in [-0.4, -0.2) is 37.6 Å². The van der Waals surface area contributed by atoms with Crippen LogP contribution in [0.3, 0.4) is 0 Å². The van der Waals surface area contributed by atoms with Crippen LogP contribution in [0.5, 0.6) is 0 Å². The molecule has 0 radical (unpaired) electrons. The zero-order chi connectivity index (χ0) is 25.5. The molecule has 0 saturated carbocycles. The largest absolute Gasteiger partial charge is 0.367 e. The monoisotopic (exact) mass is 484 g/mol. The number of nitrogens with zero attached hydrogens (tertiary/aromatic N) is 1. The van der Waals surface area contributed by atoms with E-state index in [2.05, 4.69) is 48.1 Å². The first-order chi connectivity index (χ1) is 16.7. The smallest absolute Gasteiger partial charge is 0.217 e. The topological polar surface area (TPSA) is 70.4 Å². The maximum atomic E-state index is 13.7. The first-order valence-electron chi connectivity index (χ1n) is 12.3. The van der Waals surface area contributed by atoms with Gasteiger partial charge in [0.15, 0.2) is 0 Å². The van der Waals surface area contributed by atoms with E-state index in [1.165, 1.54) is 41.4 Å². The van der Waals surface area contributed by atoms with Gasteiger partial charge >= 0.3 is 0 Å². The lowest BCUT2D eigenvalue weighted by atomic mass is 9.96. The summed E-state index contributed by atoms with van der Waals surface area (Å²) in [6.07, 6.45) is 4.22. The van der Waals surface area contributed by atoms with Crippen molar-refractivity contribution < 1.29 is 13.6 Å². The highest BCUT2D eigenvalue weighted by atomic mass is 19.1. The molecule has 2 atom stereocenters. The average Bonchev–Trinajstić information content (AvgIpc) is 3.15. The molecule has 7 heteroatoms. The summed E-state index contributed by atoms with van der Waals surface area (Å²) >= 11 is 0. The summed E-state index contributed by atoms with van der Waals surface area (Å²) in [4.78, 5) is 14.1. The van der Waals surface area contributed by atoms with Crippen molar-refractivity contribution >= 4 is 11.6 Å². The van der Waals surface area contributed by atoms with Crippen molar-refractivity contribution in [1.29, 1.82) is 0 Å². The second-order valence-corrected chi connectivity index (χ2v) is 9.93. The number of hydrogen-bond acceptors (Lipinski definition) is 4. The lowest BCUT2D eigenvalue weighted by molar-refractivity contribution is -0.119. The number of nitrogens with one attached hydrogen (secondary N) is 2. The first-order valence-corrected chi connectivity index (χ1v) is 12.3. The Kier molecular flexibility index (Phi) is 9.40. The maximum Gasteiger partial charge on any atom is 0.217 e. The third-order valence-corrected chi connectivity index (χ3v) is 6.27. The van der Waals surface area contributed by atoms with E-state index < -0.39 is 23.7 Å². The summed E-state index contributed by atoms with van der Waals surface area (Å²) in [5, 5.41) is 6.30. The number of hydrogen-bond donors (Lipinski definition) is 3. The molecular weight excluding hydrogens is 446 g/mol. The van der Waals surface area contributed by atoms with Crippen LogP contribution in [0.2, 0.25) is 0 Å². The Morgan fingerprint density at radius 2 is 1.83 bits per heavy atom. The Balaban J connectivity index is 1.72. The summed E-state index contributed by atoms with van der Waals surface area (Å²) in [6, 6.07) is 7.08. The van der Waals surface area contributed by atoms with Gasteiger partial charge in [-0.05, 0) is 59.6 Å². The molecule has 0 saturated heterocycles. The van der Waals surface area contributed by atoms with E-state index >= 15 is 0 Å². The van der Waals surface area contributed by atoms with Crippen LogP contribution >= 0.6 is 0 Å². The molecule has 1 amide bonds. The van der Waals surface area contributed by atoms with Gasteiger partial charge in [-0.15, -0.1) is 6.58 Å². The molecule has 190 valence electrons. The van der Waals surface area contributed by atoms with Crippen LogP contribution in [0.25, 0.3) is 0 Å². The van der Waals surface area contributed by atoms with Crippen molar-refractivity contribution in [1.82, 2.24) is 10.6 Å². The standard InChI is InChI=1S/C28H38F2N4O/c1-5-7-34-8-6-22-10-20(9-18(2)3)11-23(28(22)34)16-32-17-26(31)27(33-19(4)35)14-21-12-24(29)15-25(30)13-21/h5,10-13,15,18,26-27,32H,1,6-9,14,16-17,31H2,2-4H3,(H,33,35)/t26-,27-/m0/s1. The van der Waals surface area contributed by atoms with Gasteiger partial charge in [-0.3, -0.25) is 4.79 Å². The number of nitrogens with two attached hydrogens (primary N) is 1. The SMILES string of the molecule is C=CCN1CCc2cc(CC(C)C)cc(CNC[C@H](N)[C@H](Cc3cc(F)cc(F)c3)NC(C)=O)c21. The van der Waals surface area contributed by atoms with Gasteiger partial charge in [0.25, 0.3) is 0 Å². The van der Waals surface area contributed by atoms with Crippen molar-refractivity contribution in [2.24, 2.45) is 11.7 Å². The predicted octanol–water partition coefficient (Wildman–Crippen LogP) is 3.88. The Hall–Kier alpha value is -2.77. The second-order valence-electron chi connectivity index (χ2n) is 9.93. The summed E-state index contributed by atoms with van der Waals surface area (Å²) < 4.78 is 27.3. The minimum absolute atomic E-state index is 0.235. The van der Waals surface area contributed by atoms with E-state index in [4.69, 9.17) is 5.73 Å². The quantitative estimate of drug-likeness (QED) is 0.400. The van der Waals surface area contributed by atoms with E-state index in [0.717, 1.165) is 32.0 Å². The van der Waals surface area contributed by atoms with Crippen LogP contribution in [0, 0.1) is 17.6 Å². The Labute approximate surface area is 207 Å². The molecule has 1 heterocycles. The first kappa shape index (κ1) is 26.8. The van der Waals surface area contributed by atoms with Crippen LogP contribution in [-0.2, 0) is 30.6 Å². The number of rotatable bonds is 12. The van der Waals surface area contributed by atoms with Crippen molar-refractivity contribution in [2.75, 3.05) is 24.5 Å². The van der Waals surface area contributed by atoms with Gasteiger partial charge in [-0.1, -0.05) is 32.1 Å². The van der Waals surface area contributed by atoms with E-state index in [0.29, 0.717) is 24.6 Å². The molecule has 1 aliphatic heterocycles. The van der Waals surface area contributed by atoms with Crippen LogP contribution in [0.4, 0.5) is 14.5 Å². The summed E-state index contributed by atoms with van der Waals surface area (Å²) in [5.74, 6) is -0.958. The molecule has 0 aromatic heterocycles. The van der Waals surface area contributed by atoms with E-state index in [1.807, 2.05) is 6.08 Å². The summed E-state index contributed by atoms with van der Waals surface area (Å²) in [7, 11) is 0. The predicted molar refractivity (Wildman–Crippen MR) is 138 cm³/mol. The number of carbonyl (C=O) groups excluding carboxylic acids is 1. The third-order valence-electron chi connectivity index (χ3n) is 6.27. The molecule has 3 rings (SSSR count). The lowest BCUT2D eigenvalue weighted by Crippen LogP contribution is -2.52. The van der Waals surface area contributed by atoms with Gasteiger partial charge < -0.3 is 21.3 Å². The highest BCUT2D eigenvalue weighted by Gasteiger charge is 2.24. The molecule has 1 aliphatic rings. The molecule has 2 aromatic rings. The van der Waals surface area contributed by atoms with Crippen molar-refractivity contribution in [3.8, 4) is 0 Å². The minimum atomic E-state index is -0.646. The van der Waals surface area contributed by atoms with Crippen molar-refractivity contribution in [2.45, 2.75) is 58.7 Å². The highest BCUT2D eigenvalue weighted by Crippen LogP contribution is 2.34. The number of fused-ring (bicyclic) bond motifs is 1. The molecule has 5 nitrogen and oxygen atoms in total. The number of amides is 1. The maximum absolute atomic E-state index is 13.7. The Morgan fingerprint density at radius 1 is 1.14 bits per heavy atom. The fraction of sp³-hybridized carbons (Fsp3) is 0.464. The third kappa shape index (κ3) is 7.61. The molecule has 2 aromatic carbocycles. The fourth-order valence-corrected chi connectivity index (χ4v) is 4.93. The van der Waals surface area contributed by atoms with Crippen molar-refractivity contribution in [3.63, 3.8) is 0 Å². The van der Waals surface area contributed by atoms with Crippen LogP contribution in [0.1, 0.15) is 43.0 Å². The number of benzene rings is 2. The van der Waals surface area contributed by atoms with Crippen LogP contribution in [0.15, 0.2) is 43.0 Å². The highest BCUT2D eigenvalue weighted by molar-refractivity contribution is 5.73. The number of anilines is 1. The van der Waals surface area contributed by atoms with Gasteiger partial charge in [0.1, 0.15) is 11.6 Å². The summed E-state index contributed by atoms with van der Waals surface area (Å²) in [6.45, 7) is 12.6. The van der Waals surface area contributed by atoms with Gasteiger partial charge in [-0.2, -0.15) is 0 Å². The van der Waals surface area contributed by atoms with Gasteiger partial charge in [0.2, 0.25) is 5.91 Å². The fourth-order valence-electron chi connectivity index (χ4n) is 4.93. The second kappa shape index (κ2) is 12.3. The molecule has 35 heavy (non-hydrogen) atoms. The average molecular weight is 485 g/mol. The Bertz CT molecular complexity index is 1020. The molecular formula is C28H38F2N4O. The number of halogens is 2. The zero-order valence-corrected chi connectivity index (χ0v) is 21.0.